The van der Waals surface area contributed by atoms with Gasteiger partial charge in [-0.3, -0.25) is 4.79 Å². The van der Waals surface area contributed by atoms with E-state index in [0.717, 1.165) is 6.54 Å². The molecule has 0 heterocycles. The average molecular weight is 189 g/mol. The Kier molecular flexibility index (Phi) is 6.54. The average Bonchev–Trinajstić information content (AvgIpc) is 2.03. The summed E-state index contributed by atoms with van der Waals surface area (Å²) in [5.74, 6) is -0.769. The summed E-state index contributed by atoms with van der Waals surface area (Å²) in [6.45, 7) is 5.54. The number of aliphatic hydroxyl groups is 1. The van der Waals surface area contributed by atoms with Gasteiger partial charge in [0.2, 0.25) is 0 Å². The highest BCUT2D eigenvalue weighted by molar-refractivity contribution is 5.66. The maximum absolute atomic E-state index is 10.3. The fourth-order valence-corrected chi connectivity index (χ4v) is 1.14. The highest BCUT2D eigenvalue weighted by atomic mass is 16.4. The molecular formula is C9H19NO3. The summed E-state index contributed by atoms with van der Waals surface area (Å²) in [6.07, 6.45) is 0.876. The minimum Gasteiger partial charge on any atom is -0.481 e. The first-order chi connectivity index (χ1) is 6.07. The van der Waals surface area contributed by atoms with Crippen LogP contribution in [0.5, 0.6) is 0 Å². The van der Waals surface area contributed by atoms with Crippen LogP contribution in [0.25, 0.3) is 0 Å². The zero-order valence-corrected chi connectivity index (χ0v) is 8.36. The van der Waals surface area contributed by atoms with Crippen LogP contribution in [-0.2, 0) is 4.79 Å². The van der Waals surface area contributed by atoms with Crippen molar-refractivity contribution in [3.63, 3.8) is 0 Å². The normalized spacial score (nSPS) is 11.2. The van der Waals surface area contributed by atoms with Crippen molar-refractivity contribution < 1.29 is 15.0 Å². The Bertz CT molecular complexity index is 148. The molecule has 78 valence electrons. The molecule has 2 N–H and O–H groups in total. The summed E-state index contributed by atoms with van der Waals surface area (Å²) in [5.41, 5.74) is 0. The fourth-order valence-electron chi connectivity index (χ4n) is 1.14. The van der Waals surface area contributed by atoms with Crippen LogP contribution < -0.4 is 0 Å². The van der Waals surface area contributed by atoms with Gasteiger partial charge in [-0.25, -0.2) is 0 Å². The fraction of sp³-hybridized carbons (Fsp3) is 0.889. The number of rotatable bonds is 7. The van der Waals surface area contributed by atoms with E-state index in [2.05, 4.69) is 4.90 Å². The van der Waals surface area contributed by atoms with E-state index in [1.165, 1.54) is 0 Å². The molecule has 0 radical (unpaired) electrons. The predicted octanol–water partition coefficient (Wildman–Crippen LogP) is 0.554. The van der Waals surface area contributed by atoms with E-state index in [0.29, 0.717) is 19.0 Å². The topological polar surface area (TPSA) is 60.8 Å². The third-order valence-electron chi connectivity index (χ3n) is 1.95. The van der Waals surface area contributed by atoms with Crippen molar-refractivity contribution in [3.05, 3.63) is 0 Å². The van der Waals surface area contributed by atoms with Crippen LogP contribution in [-0.4, -0.2) is 46.8 Å². The monoisotopic (exact) mass is 189 g/mol. The van der Waals surface area contributed by atoms with Gasteiger partial charge in [0.1, 0.15) is 0 Å². The Hall–Kier alpha value is -0.610. The van der Waals surface area contributed by atoms with Gasteiger partial charge in [0.25, 0.3) is 0 Å². The van der Waals surface area contributed by atoms with Crippen LogP contribution in [0.2, 0.25) is 0 Å². The molecule has 0 fully saturated rings. The molecule has 0 aliphatic rings. The van der Waals surface area contributed by atoms with Gasteiger partial charge in [-0.2, -0.15) is 0 Å². The van der Waals surface area contributed by atoms with E-state index < -0.39 is 5.97 Å². The second-order valence-corrected chi connectivity index (χ2v) is 3.35. The number of carboxylic acid groups (broad SMARTS) is 1. The van der Waals surface area contributed by atoms with Crippen molar-refractivity contribution in [1.82, 2.24) is 4.90 Å². The molecule has 0 aromatic rings. The maximum Gasteiger partial charge on any atom is 0.304 e. The number of aliphatic hydroxyl groups excluding tert-OH is 1. The van der Waals surface area contributed by atoms with Gasteiger partial charge in [-0.1, -0.05) is 0 Å². The predicted molar refractivity (Wildman–Crippen MR) is 50.7 cm³/mol. The van der Waals surface area contributed by atoms with Crippen LogP contribution >= 0.6 is 0 Å². The number of hydrogen-bond donors (Lipinski definition) is 2. The minimum atomic E-state index is -0.769. The number of hydrogen-bond acceptors (Lipinski definition) is 3. The van der Waals surface area contributed by atoms with E-state index in [9.17, 15) is 4.79 Å². The van der Waals surface area contributed by atoms with Gasteiger partial charge in [-0.05, 0) is 20.3 Å². The molecule has 0 aromatic carbocycles. The van der Waals surface area contributed by atoms with Gasteiger partial charge >= 0.3 is 5.97 Å². The standard InChI is InChI=1S/C9H19NO3/c1-8(2)10(5-3-7-11)6-4-9(12)13/h8,11H,3-7H2,1-2H3,(H,12,13). The smallest absolute Gasteiger partial charge is 0.304 e. The zero-order valence-electron chi connectivity index (χ0n) is 8.36. The molecule has 0 aromatic heterocycles. The van der Waals surface area contributed by atoms with E-state index in [-0.39, 0.29) is 13.0 Å². The number of aliphatic carboxylic acids is 1. The third-order valence-corrected chi connectivity index (χ3v) is 1.95. The van der Waals surface area contributed by atoms with Gasteiger partial charge in [-0.15, -0.1) is 0 Å². The van der Waals surface area contributed by atoms with Crippen molar-refractivity contribution in [2.24, 2.45) is 0 Å². The molecule has 4 heteroatoms. The SMILES string of the molecule is CC(C)N(CCCO)CCC(=O)O. The third kappa shape index (κ3) is 6.54. The molecule has 0 unspecified atom stereocenters. The summed E-state index contributed by atoms with van der Waals surface area (Å²) in [4.78, 5) is 12.4. The lowest BCUT2D eigenvalue weighted by Crippen LogP contribution is -2.34. The molecule has 13 heavy (non-hydrogen) atoms. The summed E-state index contributed by atoms with van der Waals surface area (Å²) < 4.78 is 0. The Labute approximate surface area is 79.2 Å². The maximum atomic E-state index is 10.3. The lowest BCUT2D eigenvalue weighted by Gasteiger charge is -2.25. The molecule has 0 aliphatic heterocycles. The van der Waals surface area contributed by atoms with Crippen LogP contribution in [0.3, 0.4) is 0 Å². The quantitative estimate of drug-likeness (QED) is 0.614. The Morgan fingerprint density at radius 2 is 2.00 bits per heavy atom. The van der Waals surface area contributed by atoms with Crippen molar-refractivity contribution in [2.75, 3.05) is 19.7 Å². The van der Waals surface area contributed by atoms with Crippen LogP contribution in [0, 0.1) is 0 Å². The second kappa shape index (κ2) is 6.86. The molecule has 4 nitrogen and oxygen atoms in total. The molecule has 0 aliphatic carbocycles. The van der Waals surface area contributed by atoms with Crippen molar-refractivity contribution in [3.8, 4) is 0 Å². The summed E-state index contributed by atoms with van der Waals surface area (Å²) in [7, 11) is 0. The molecule has 0 amide bonds. The lowest BCUT2D eigenvalue weighted by molar-refractivity contribution is -0.137. The molecule has 0 saturated heterocycles. The highest BCUT2D eigenvalue weighted by Crippen LogP contribution is 2.00. The van der Waals surface area contributed by atoms with Gasteiger partial charge in [0, 0.05) is 25.7 Å². The van der Waals surface area contributed by atoms with Crippen LogP contribution in [0.4, 0.5) is 0 Å². The molecule has 0 saturated carbocycles. The number of carboxylic acids is 1. The molecule has 0 atom stereocenters. The van der Waals surface area contributed by atoms with E-state index in [1.54, 1.807) is 0 Å². The van der Waals surface area contributed by atoms with Crippen molar-refractivity contribution in [1.29, 1.82) is 0 Å². The second-order valence-electron chi connectivity index (χ2n) is 3.35. The summed E-state index contributed by atoms with van der Waals surface area (Å²) in [5, 5.41) is 17.1. The molecular weight excluding hydrogens is 170 g/mol. The largest absolute Gasteiger partial charge is 0.481 e. The number of nitrogens with zero attached hydrogens (tertiary/aromatic N) is 1. The van der Waals surface area contributed by atoms with E-state index in [1.807, 2.05) is 13.8 Å². The Morgan fingerprint density at radius 3 is 2.38 bits per heavy atom. The first kappa shape index (κ1) is 12.4. The Balaban J connectivity index is 3.73. The molecule has 0 rings (SSSR count). The highest BCUT2D eigenvalue weighted by Gasteiger charge is 2.09. The lowest BCUT2D eigenvalue weighted by atomic mass is 10.2. The van der Waals surface area contributed by atoms with Gasteiger partial charge < -0.3 is 15.1 Å². The summed E-state index contributed by atoms with van der Waals surface area (Å²) >= 11 is 0. The molecule has 0 bridgehead atoms. The van der Waals surface area contributed by atoms with Crippen molar-refractivity contribution >= 4 is 5.97 Å². The number of carbonyl (C=O) groups is 1. The van der Waals surface area contributed by atoms with Crippen molar-refractivity contribution in [2.45, 2.75) is 32.7 Å². The van der Waals surface area contributed by atoms with Crippen LogP contribution in [0.15, 0.2) is 0 Å². The molecule has 0 spiro atoms. The van der Waals surface area contributed by atoms with Gasteiger partial charge in [0.15, 0.2) is 0 Å². The van der Waals surface area contributed by atoms with E-state index in [4.69, 9.17) is 10.2 Å². The van der Waals surface area contributed by atoms with Gasteiger partial charge in [0.05, 0.1) is 6.42 Å². The van der Waals surface area contributed by atoms with E-state index >= 15 is 0 Å². The first-order valence-electron chi connectivity index (χ1n) is 4.64. The Morgan fingerprint density at radius 1 is 1.38 bits per heavy atom. The zero-order chi connectivity index (χ0) is 10.3. The minimum absolute atomic E-state index is 0.163. The van der Waals surface area contributed by atoms with Crippen LogP contribution in [0.1, 0.15) is 26.7 Å². The summed E-state index contributed by atoms with van der Waals surface area (Å²) in [6, 6.07) is 0.339. The first-order valence-corrected chi connectivity index (χ1v) is 4.64.